The van der Waals surface area contributed by atoms with Crippen molar-refractivity contribution in [1.82, 2.24) is 10.2 Å². The molecule has 2 amide bonds. The summed E-state index contributed by atoms with van der Waals surface area (Å²) in [5.74, 6) is 1.06. The van der Waals surface area contributed by atoms with Gasteiger partial charge in [0.15, 0.2) is 0 Å². The van der Waals surface area contributed by atoms with E-state index in [2.05, 4.69) is 5.32 Å². The van der Waals surface area contributed by atoms with Crippen LogP contribution in [-0.2, 0) is 9.59 Å². The van der Waals surface area contributed by atoms with Crippen molar-refractivity contribution in [3.05, 3.63) is 0 Å². The average Bonchev–Trinajstić information content (AvgIpc) is 3.36. The van der Waals surface area contributed by atoms with Crippen molar-refractivity contribution in [2.24, 2.45) is 17.6 Å². The Morgan fingerprint density at radius 2 is 1.83 bits per heavy atom. The summed E-state index contributed by atoms with van der Waals surface area (Å²) in [4.78, 5) is 26.3. The van der Waals surface area contributed by atoms with Gasteiger partial charge in [-0.3, -0.25) is 9.59 Å². The van der Waals surface area contributed by atoms with Crippen molar-refractivity contribution in [3.63, 3.8) is 0 Å². The summed E-state index contributed by atoms with van der Waals surface area (Å²) >= 11 is 0. The standard InChI is InChI=1S/C17H31N3O2.ClH/c18-10-4-2-1-3-7-16(21)20-11-5-6-15(13-20)17(22)19-12-14-8-9-14;/h14-15H,1-13,18H2,(H,19,22);1H. The van der Waals surface area contributed by atoms with Gasteiger partial charge in [0.05, 0.1) is 5.92 Å². The van der Waals surface area contributed by atoms with Crippen LogP contribution in [0.3, 0.4) is 0 Å². The van der Waals surface area contributed by atoms with Crippen LogP contribution >= 0.6 is 12.4 Å². The lowest BCUT2D eigenvalue weighted by Gasteiger charge is -2.32. The number of hydrogen-bond acceptors (Lipinski definition) is 3. The fourth-order valence-corrected chi connectivity index (χ4v) is 3.06. The molecule has 1 heterocycles. The number of piperidine rings is 1. The van der Waals surface area contributed by atoms with E-state index in [0.717, 1.165) is 58.2 Å². The SMILES string of the molecule is Cl.NCCCCCCC(=O)N1CCCC(C(=O)NCC2CC2)C1. The topological polar surface area (TPSA) is 75.4 Å². The highest BCUT2D eigenvalue weighted by molar-refractivity contribution is 5.85. The maximum absolute atomic E-state index is 12.2. The first kappa shape index (κ1) is 20.2. The van der Waals surface area contributed by atoms with Crippen molar-refractivity contribution in [3.8, 4) is 0 Å². The molecule has 0 spiro atoms. The third-order valence-electron chi connectivity index (χ3n) is 4.75. The predicted molar refractivity (Wildman–Crippen MR) is 94.4 cm³/mol. The summed E-state index contributed by atoms with van der Waals surface area (Å²) in [6.45, 7) is 2.98. The van der Waals surface area contributed by atoms with E-state index in [1.807, 2.05) is 4.90 Å². The van der Waals surface area contributed by atoms with E-state index in [9.17, 15) is 9.59 Å². The van der Waals surface area contributed by atoms with Crippen LogP contribution in [0.15, 0.2) is 0 Å². The number of hydrogen-bond donors (Lipinski definition) is 2. The van der Waals surface area contributed by atoms with Crippen LogP contribution in [0.4, 0.5) is 0 Å². The number of nitrogens with two attached hydrogens (primary N) is 1. The fourth-order valence-electron chi connectivity index (χ4n) is 3.06. The number of carbonyl (C=O) groups is 2. The Labute approximate surface area is 146 Å². The van der Waals surface area contributed by atoms with E-state index in [0.29, 0.717) is 18.9 Å². The van der Waals surface area contributed by atoms with Gasteiger partial charge in [0, 0.05) is 26.1 Å². The van der Waals surface area contributed by atoms with Crippen LogP contribution in [0.2, 0.25) is 0 Å². The quantitative estimate of drug-likeness (QED) is 0.628. The molecule has 1 unspecified atom stereocenters. The first-order valence-electron chi connectivity index (χ1n) is 8.96. The predicted octanol–water partition coefficient (Wildman–Crippen LogP) is 2.08. The molecule has 23 heavy (non-hydrogen) atoms. The molecule has 134 valence electrons. The molecule has 0 radical (unpaired) electrons. The molecule has 0 bridgehead atoms. The second-order valence-electron chi connectivity index (χ2n) is 6.82. The number of amides is 2. The number of rotatable bonds is 9. The minimum Gasteiger partial charge on any atom is -0.356 e. The summed E-state index contributed by atoms with van der Waals surface area (Å²) in [5, 5.41) is 3.05. The molecule has 1 saturated carbocycles. The monoisotopic (exact) mass is 345 g/mol. The van der Waals surface area contributed by atoms with Crippen LogP contribution in [0, 0.1) is 11.8 Å². The zero-order chi connectivity index (χ0) is 15.8. The van der Waals surface area contributed by atoms with Crippen LogP contribution in [0.1, 0.15) is 57.8 Å². The Morgan fingerprint density at radius 1 is 1.09 bits per heavy atom. The number of carbonyl (C=O) groups excluding carboxylic acids is 2. The molecule has 1 aliphatic heterocycles. The van der Waals surface area contributed by atoms with Crippen molar-refractivity contribution in [1.29, 1.82) is 0 Å². The van der Waals surface area contributed by atoms with Crippen LogP contribution < -0.4 is 11.1 Å². The molecule has 2 rings (SSSR count). The molecular formula is C17H32ClN3O2. The molecule has 3 N–H and O–H groups in total. The van der Waals surface area contributed by atoms with Gasteiger partial charge in [-0.2, -0.15) is 0 Å². The van der Waals surface area contributed by atoms with E-state index in [-0.39, 0.29) is 30.1 Å². The Morgan fingerprint density at radius 3 is 2.52 bits per heavy atom. The van der Waals surface area contributed by atoms with Gasteiger partial charge < -0.3 is 16.0 Å². The van der Waals surface area contributed by atoms with Crippen LogP contribution in [0.25, 0.3) is 0 Å². The van der Waals surface area contributed by atoms with E-state index < -0.39 is 0 Å². The Kier molecular flexibility index (Phi) is 9.56. The first-order valence-corrected chi connectivity index (χ1v) is 8.96. The van der Waals surface area contributed by atoms with E-state index in [1.165, 1.54) is 12.8 Å². The molecule has 6 heteroatoms. The van der Waals surface area contributed by atoms with Crippen molar-refractivity contribution < 1.29 is 9.59 Å². The zero-order valence-corrected chi connectivity index (χ0v) is 14.9. The second kappa shape index (κ2) is 10.9. The Bertz CT molecular complexity index is 375. The second-order valence-corrected chi connectivity index (χ2v) is 6.82. The molecular weight excluding hydrogens is 314 g/mol. The highest BCUT2D eigenvalue weighted by Crippen LogP contribution is 2.28. The number of halogens is 1. The normalized spacial score (nSPS) is 20.7. The van der Waals surface area contributed by atoms with Gasteiger partial charge in [-0.25, -0.2) is 0 Å². The first-order chi connectivity index (χ1) is 10.7. The lowest BCUT2D eigenvalue weighted by Crippen LogP contribution is -2.45. The highest BCUT2D eigenvalue weighted by Gasteiger charge is 2.29. The summed E-state index contributed by atoms with van der Waals surface area (Å²) in [6.07, 6.45) is 9.13. The summed E-state index contributed by atoms with van der Waals surface area (Å²) < 4.78 is 0. The van der Waals surface area contributed by atoms with Gasteiger partial charge >= 0.3 is 0 Å². The van der Waals surface area contributed by atoms with Gasteiger partial charge in [0.1, 0.15) is 0 Å². The molecule has 0 aromatic heterocycles. The molecule has 2 aliphatic rings. The fraction of sp³-hybridized carbons (Fsp3) is 0.882. The number of nitrogens with one attached hydrogen (secondary N) is 1. The third kappa shape index (κ3) is 7.53. The van der Waals surface area contributed by atoms with Crippen LogP contribution in [-0.4, -0.2) is 42.9 Å². The number of likely N-dealkylation sites (tertiary alicyclic amines) is 1. The summed E-state index contributed by atoms with van der Waals surface area (Å²) in [6, 6.07) is 0. The van der Waals surface area contributed by atoms with Crippen molar-refractivity contribution in [2.45, 2.75) is 57.8 Å². The van der Waals surface area contributed by atoms with E-state index in [1.54, 1.807) is 0 Å². The van der Waals surface area contributed by atoms with Gasteiger partial charge in [0.25, 0.3) is 0 Å². The van der Waals surface area contributed by atoms with Gasteiger partial charge in [-0.15, -0.1) is 12.4 Å². The molecule has 0 aromatic rings. The zero-order valence-electron chi connectivity index (χ0n) is 14.1. The molecule has 1 atom stereocenters. The summed E-state index contributed by atoms with van der Waals surface area (Å²) in [7, 11) is 0. The summed E-state index contributed by atoms with van der Waals surface area (Å²) in [5.41, 5.74) is 5.47. The van der Waals surface area contributed by atoms with Crippen LogP contribution in [0.5, 0.6) is 0 Å². The van der Waals surface area contributed by atoms with Gasteiger partial charge in [-0.05, 0) is 51.0 Å². The largest absolute Gasteiger partial charge is 0.356 e. The Hall–Kier alpha value is -0.810. The molecule has 1 saturated heterocycles. The molecule has 5 nitrogen and oxygen atoms in total. The van der Waals surface area contributed by atoms with E-state index >= 15 is 0 Å². The maximum atomic E-state index is 12.2. The lowest BCUT2D eigenvalue weighted by molar-refractivity contribution is -0.135. The average molecular weight is 346 g/mol. The maximum Gasteiger partial charge on any atom is 0.224 e. The smallest absolute Gasteiger partial charge is 0.224 e. The number of nitrogens with zero attached hydrogens (tertiary/aromatic N) is 1. The lowest BCUT2D eigenvalue weighted by atomic mass is 9.96. The third-order valence-corrected chi connectivity index (χ3v) is 4.75. The van der Waals surface area contributed by atoms with Crippen molar-refractivity contribution >= 4 is 24.2 Å². The Balaban J connectivity index is 0.00000264. The molecule has 1 aliphatic carbocycles. The van der Waals surface area contributed by atoms with E-state index in [4.69, 9.17) is 5.73 Å². The highest BCUT2D eigenvalue weighted by atomic mass is 35.5. The number of unbranched alkanes of at least 4 members (excludes halogenated alkanes) is 3. The van der Waals surface area contributed by atoms with Crippen molar-refractivity contribution in [2.75, 3.05) is 26.2 Å². The minimum absolute atomic E-state index is 0. The van der Waals surface area contributed by atoms with Gasteiger partial charge in [-0.1, -0.05) is 12.8 Å². The minimum atomic E-state index is -0.00584. The van der Waals surface area contributed by atoms with Gasteiger partial charge in [0.2, 0.25) is 11.8 Å². The molecule has 0 aromatic carbocycles. The molecule has 2 fully saturated rings.